The smallest absolute Gasteiger partial charge is 0.0812 e. The van der Waals surface area contributed by atoms with E-state index < -0.39 is 0 Å². The Morgan fingerprint density at radius 2 is 2.00 bits per heavy atom. The van der Waals surface area contributed by atoms with Gasteiger partial charge in [-0.3, -0.25) is 0 Å². The molecule has 0 unspecified atom stereocenters. The molecule has 0 saturated carbocycles. The van der Waals surface area contributed by atoms with Crippen molar-refractivity contribution < 1.29 is 0 Å². The number of thiazole rings is 1. The van der Waals surface area contributed by atoms with E-state index in [1.165, 1.54) is 17.5 Å². The largest absolute Gasteiger partial charge is 0.245 e. The molecule has 0 N–H and O–H groups in total. The second kappa shape index (κ2) is 6.57. The summed E-state index contributed by atoms with van der Waals surface area (Å²) < 4.78 is 1.26. The molecule has 82 valence electrons. The van der Waals surface area contributed by atoms with Crippen molar-refractivity contribution in [3.63, 3.8) is 0 Å². The lowest BCUT2D eigenvalue weighted by molar-refractivity contribution is 0.576. The van der Waals surface area contributed by atoms with Gasteiger partial charge in [-0.15, -0.1) is 11.3 Å². The number of hydrogen-bond donors (Lipinski definition) is 0. The molecule has 0 bridgehead atoms. The van der Waals surface area contributed by atoms with Crippen LogP contribution in [0.2, 0.25) is 0 Å². The molecular weight excluding hydrogens is 202 g/mol. The summed E-state index contributed by atoms with van der Waals surface area (Å²) in [7, 11) is 0. The predicted molar refractivity (Wildman–Crippen MR) is 69.4 cm³/mol. The summed E-state index contributed by atoms with van der Waals surface area (Å²) in [6, 6.07) is 8.13. The van der Waals surface area contributed by atoms with Crippen molar-refractivity contribution in [1.29, 1.82) is 0 Å². The Morgan fingerprint density at radius 1 is 1.27 bits per heavy atom. The Kier molecular flexibility index (Phi) is 5.33. The van der Waals surface area contributed by atoms with Crippen molar-refractivity contribution >= 4 is 21.6 Å². The van der Waals surface area contributed by atoms with Crippen LogP contribution < -0.4 is 0 Å². The van der Waals surface area contributed by atoms with E-state index in [4.69, 9.17) is 0 Å². The third kappa shape index (κ3) is 4.43. The van der Waals surface area contributed by atoms with Gasteiger partial charge in [0.05, 0.1) is 15.7 Å². The van der Waals surface area contributed by atoms with E-state index >= 15 is 0 Å². The molecule has 15 heavy (non-hydrogen) atoms. The topological polar surface area (TPSA) is 12.9 Å². The first-order chi connectivity index (χ1) is 7.24. The average Bonchev–Trinajstić information content (AvgIpc) is 2.65. The SMILES string of the molecule is CCCC(C)C.c1ccc2scnc2c1. The van der Waals surface area contributed by atoms with Crippen LogP contribution in [0, 0.1) is 5.92 Å². The third-order valence-corrected chi connectivity index (χ3v) is 2.91. The highest BCUT2D eigenvalue weighted by Gasteiger charge is 1.89. The maximum Gasteiger partial charge on any atom is 0.0812 e. The van der Waals surface area contributed by atoms with Gasteiger partial charge < -0.3 is 0 Å². The molecule has 1 aromatic carbocycles. The molecule has 0 spiro atoms. The highest BCUT2D eigenvalue weighted by atomic mass is 32.1. The van der Waals surface area contributed by atoms with Crippen molar-refractivity contribution in [3.8, 4) is 0 Å². The Labute approximate surface area is 96.2 Å². The maximum absolute atomic E-state index is 4.14. The van der Waals surface area contributed by atoms with E-state index in [0.29, 0.717) is 0 Å². The number of aromatic nitrogens is 1. The van der Waals surface area contributed by atoms with E-state index in [1.807, 2.05) is 23.7 Å². The van der Waals surface area contributed by atoms with Gasteiger partial charge in [-0.2, -0.15) is 0 Å². The minimum atomic E-state index is 0.898. The van der Waals surface area contributed by atoms with Crippen LogP contribution in [0.15, 0.2) is 29.8 Å². The number of rotatable bonds is 2. The molecule has 0 aliphatic rings. The Morgan fingerprint density at radius 3 is 2.53 bits per heavy atom. The van der Waals surface area contributed by atoms with Gasteiger partial charge in [-0.25, -0.2) is 4.98 Å². The quantitative estimate of drug-likeness (QED) is 0.714. The van der Waals surface area contributed by atoms with Crippen molar-refractivity contribution in [3.05, 3.63) is 29.8 Å². The summed E-state index contributed by atoms with van der Waals surface area (Å²) in [6.07, 6.45) is 2.71. The molecule has 0 amide bonds. The second-order valence-electron chi connectivity index (χ2n) is 4.00. The lowest BCUT2D eigenvalue weighted by Gasteiger charge is -1.95. The standard InChI is InChI=1S/C7H5NS.C6H14/c1-2-4-7-6(3-1)8-5-9-7;1-4-5-6(2)3/h1-5H;6H,4-5H2,1-3H3. The van der Waals surface area contributed by atoms with Gasteiger partial charge in [0.1, 0.15) is 0 Å². The average molecular weight is 221 g/mol. The molecule has 0 radical (unpaired) electrons. The lowest BCUT2D eigenvalue weighted by atomic mass is 10.1. The maximum atomic E-state index is 4.14. The Balaban J connectivity index is 0.000000167. The lowest BCUT2D eigenvalue weighted by Crippen LogP contribution is -1.81. The van der Waals surface area contributed by atoms with E-state index in [1.54, 1.807) is 11.3 Å². The zero-order valence-corrected chi connectivity index (χ0v) is 10.6. The van der Waals surface area contributed by atoms with E-state index in [9.17, 15) is 0 Å². The summed E-state index contributed by atoms with van der Waals surface area (Å²) in [6.45, 7) is 6.73. The Bertz CT molecular complexity index is 348. The van der Waals surface area contributed by atoms with Gasteiger partial charge in [0.25, 0.3) is 0 Å². The molecule has 1 nitrogen and oxygen atoms in total. The molecular formula is C13H19NS. The molecule has 0 saturated heterocycles. The number of para-hydroxylation sites is 1. The normalized spacial score (nSPS) is 10.1. The van der Waals surface area contributed by atoms with Crippen LogP contribution >= 0.6 is 11.3 Å². The van der Waals surface area contributed by atoms with Crippen molar-refractivity contribution in [2.24, 2.45) is 5.92 Å². The molecule has 0 atom stereocenters. The molecule has 2 rings (SSSR count). The second-order valence-corrected chi connectivity index (χ2v) is 4.89. The molecule has 1 aromatic heterocycles. The van der Waals surface area contributed by atoms with Crippen LogP contribution in [0.5, 0.6) is 0 Å². The fourth-order valence-corrected chi connectivity index (χ4v) is 2.06. The zero-order valence-electron chi connectivity index (χ0n) is 9.73. The van der Waals surface area contributed by atoms with E-state index in [-0.39, 0.29) is 0 Å². The fourth-order valence-electron chi connectivity index (χ4n) is 1.38. The van der Waals surface area contributed by atoms with Crippen molar-refractivity contribution in [2.45, 2.75) is 33.6 Å². The van der Waals surface area contributed by atoms with Crippen molar-refractivity contribution in [1.82, 2.24) is 4.98 Å². The molecule has 2 aromatic rings. The van der Waals surface area contributed by atoms with Gasteiger partial charge in [0, 0.05) is 0 Å². The first-order valence-corrected chi connectivity index (χ1v) is 6.40. The number of nitrogens with zero attached hydrogens (tertiary/aromatic N) is 1. The molecule has 0 aliphatic heterocycles. The third-order valence-electron chi connectivity index (χ3n) is 2.10. The van der Waals surface area contributed by atoms with Crippen molar-refractivity contribution in [2.75, 3.05) is 0 Å². The van der Waals surface area contributed by atoms with Crippen LogP contribution in [0.4, 0.5) is 0 Å². The van der Waals surface area contributed by atoms with Crippen LogP contribution in [0.25, 0.3) is 10.2 Å². The first kappa shape index (κ1) is 12.2. The predicted octanol–water partition coefficient (Wildman–Crippen LogP) is 4.74. The molecule has 0 aliphatic carbocycles. The van der Waals surface area contributed by atoms with E-state index in [0.717, 1.165) is 11.4 Å². The summed E-state index contributed by atoms with van der Waals surface area (Å²) in [4.78, 5) is 4.14. The monoisotopic (exact) mass is 221 g/mol. The van der Waals surface area contributed by atoms with Crippen LogP contribution in [-0.4, -0.2) is 4.98 Å². The summed E-state index contributed by atoms with van der Waals surface area (Å²) >= 11 is 1.68. The number of fused-ring (bicyclic) bond motifs is 1. The Hall–Kier alpha value is -0.890. The number of hydrogen-bond acceptors (Lipinski definition) is 2. The van der Waals surface area contributed by atoms with Gasteiger partial charge >= 0.3 is 0 Å². The minimum Gasteiger partial charge on any atom is -0.245 e. The van der Waals surface area contributed by atoms with E-state index in [2.05, 4.69) is 31.8 Å². The highest BCUT2D eigenvalue weighted by molar-refractivity contribution is 7.16. The molecule has 1 heterocycles. The fraction of sp³-hybridized carbons (Fsp3) is 0.462. The minimum absolute atomic E-state index is 0.898. The highest BCUT2D eigenvalue weighted by Crippen LogP contribution is 2.15. The van der Waals surface area contributed by atoms with Gasteiger partial charge in [0.15, 0.2) is 0 Å². The first-order valence-electron chi connectivity index (χ1n) is 5.52. The molecule has 2 heteroatoms. The van der Waals surface area contributed by atoms with Crippen LogP contribution in [-0.2, 0) is 0 Å². The summed E-state index contributed by atoms with van der Waals surface area (Å²) in [5.74, 6) is 0.898. The summed E-state index contributed by atoms with van der Waals surface area (Å²) in [5, 5.41) is 0. The van der Waals surface area contributed by atoms with Gasteiger partial charge in [-0.05, 0) is 18.1 Å². The zero-order chi connectivity index (χ0) is 11.1. The summed E-state index contributed by atoms with van der Waals surface area (Å²) in [5.41, 5.74) is 2.97. The van der Waals surface area contributed by atoms with Gasteiger partial charge in [0.2, 0.25) is 0 Å². The van der Waals surface area contributed by atoms with Gasteiger partial charge in [-0.1, -0.05) is 45.7 Å². The number of benzene rings is 1. The van der Waals surface area contributed by atoms with Crippen LogP contribution in [0.1, 0.15) is 33.6 Å². The van der Waals surface area contributed by atoms with Crippen LogP contribution in [0.3, 0.4) is 0 Å². The molecule has 0 fully saturated rings.